The molecule has 5 aromatic heterocycles. The van der Waals surface area contributed by atoms with Crippen molar-refractivity contribution in [2.45, 2.75) is 13.8 Å². The number of hydrogen-bond donors (Lipinski definition) is 3. The maximum absolute atomic E-state index is 15.2. The number of nitrogens with zero attached hydrogens (tertiary/aromatic N) is 10. The van der Waals surface area contributed by atoms with Gasteiger partial charge < -0.3 is 49.9 Å². The van der Waals surface area contributed by atoms with Gasteiger partial charge in [-0.2, -0.15) is 0 Å². The Morgan fingerprint density at radius 2 is 0.943 bits per heavy atom. The first-order valence-electron chi connectivity index (χ1n) is 23.7. The Morgan fingerprint density at radius 1 is 0.500 bits per heavy atom. The molecular weight excluding hydrogens is 903 g/mol. The molecule has 0 radical (unpaired) electrons. The van der Waals surface area contributed by atoms with Crippen molar-refractivity contribution in [1.29, 1.82) is 0 Å². The molecule has 3 N–H and O–H groups in total. The van der Waals surface area contributed by atoms with Gasteiger partial charge in [0.1, 0.15) is 34.9 Å². The van der Waals surface area contributed by atoms with Crippen LogP contribution >= 0.6 is 0 Å². The summed E-state index contributed by atoms with van der Waals surface area (Å²) in [6.07, 6.45) is 10.7. The number of halogens is 4. The fourth-order valence-electron chi connectivity index (χ4n) is 9.58. The second kappa shape index (κ2) is 20.9. The van der Waals surface area contributed by atoms with Gasteiger partial charge in [0.2, 0.25) is 0 Å². The van der Waals surface area contributed by atoms with Crippen LogP contribution < -0.4 is 40.4 Å². The molecule has 4 aliphatic heterocycles. The van der Waals surface area contributed by atoms with Gasteiger partial charge in [-0.15, -0.1) is 0 Å². The van der Waals surface area contributed by atoms with Crippen LogP contribution in [0, 0.1) is 37.1 Å². The summed E-state index contributed by atoms with van der Waals surface area (Å²) >= 11 is 0. The summed E-state index contributed by atoms with van der Waals surface area (Å²) in [5.74, 6) is -1.12. The molecule has 0 bridgehead atoms. The highest BCUT2D eigenvalue weighted by Crippen LogP contribution is 2.39. The summed E-state index contributed by atoms with van der Waals surface area (Å²) in [6.45, 7) is 16.0. The predicted octanol–water partition coefficient (Wildman–Crippen LogP) is 7.72. The SMILES string of the molecule is Cc1c(N2CCN(c3cccnc3)CC2)nc2cc(F)cc(F)c2c1Nc1cncc(N2CCOCC2)c1.Cc1c(N2CCNCC2)nc2cc(F)cc(F)c2c1Nc1cncc(N2CCOCC2)c1. The van der Waals surface area contributed by atoms with Crippen molar-refractivity contribution >= 4 is 73.3 Å². The zero-order valence-corrected chi connectivity index (χ0v) is 39.2. The van der Waals surface area contributed by atoms with Crippen molar-refractivity contribution in [2.24, 2.45) is 0 Å². The lowest BCUT2D eigenvalue weighted by Gasteiger charge is -2.37. The second-order valence-electron chi connectivity index (χ2n) is 17.7. The van der Waals surface area contributed by atoms with Gasteiger partial charge >= 0.3 is 0 Å². The molecule has 11 rings (SSSR count). The minimum Gasteiger partial charge on any atom is -0.378 e. The van der Waals surface area contributed by atoms with Crippen LogP contribution in [0.2, 0.25) is 0 Å². The smallest absolute Gasteiger partial charge is 0.137 e. The van der Waals surface area contributed by atoms with Gasteiger partial charge in [-0.1, -0.05) is 0 Å². The third-order valence-corrected chi connectivity index (χ3v) is 13.2. The highest BCUT2D eigenvalue weighted by molar-refractivity contribution is 5.99. The van der Waals surface area contributed by atoms with Crippen LogP contribution in [0.5, 0.6) is 0 Å². The van der Waals surface area contributed by atoms with Crippen LogP contribution in [0.1, 0.15) is 11.1 Å². The monoisotopic (exact) mass is 957 g/mol. The molecule has 4 aliphatic rings. The Balaban J connectivity index is 0.000000165. The number of nitrogens with one attached hydrogen (secondary N) is 3. The maximum atomic E-state index is 15.2. The molecule has 70 heavy (non-hydrogen) atoms. The molecular formula is C51H55F4N13O2. The molecule has 0 aliphatic carbocycles. The average molecular weight is 958 g/mol. The molecule has 0 amide bonds. The van der Waals surface area contributed by atoms with Crippen LogP contribution in [0.4, 0.5) is 69.0 Å². The minimum absolute atomic E-state index is 0.262. The van der Waals surface area contributed by atoms with Gasteiger partial charge in [0.25, 0.3) is 0 Å². The van der Waals surface area contributed by atoms with E-state index >= 15 is 4.39 Å². The Kier molecular flexibility index (Phi) is 13.9. The van der Waals surface area contributed by atoms with Crippen molar-refractivity contribution in [3.05, 3.63) is 120 Å². The molecule has 7 aromatic rings. The molecule has 4 fully saturated rings. The molecule has 0 unspecified atom stereocenters. The van der Waals surface area contributed by atoms with E-state index < -0.39 is 23.3 Å². The lowest BCUT2D eigenvalue weighted by molar-refractivity contribution is 0.122. The van der Waals surface area contributed by atoms with Gasteiger partial charge in [-0.3, -0.25) is 15.0 Å². The number of aromatic nitrogens is 5. The number of ether oxygens (including phenoxy) is 2. The molecule has 2 aromatic carbocycles. The third kappa shape index (κ3) is 10.1. The first-order chi connectivity index (χ1) is 34.2. The molecule has 4 saturated heterocycles. The zero-order chi connectivity index (χ0) is 48.1. The minimum atomic E-state index is -0.652. The van der Waals surface area contributed by atoms with Gasteiger partial charge in [-0.25, -0.2) is 27.5 Å². The number of rotatable bonds is 9. The van der Waals surface area contributed by atoms with E-state index in [1.165, 1.54) is 12.1 Å². The zero-order valence-electron chi connectivity index (χ0n) is 39.2. The Hall–Kier alpha value is -7.09. The van der Waals surface area contributed by atoms with E-state index in [0.29, 0.717) is 49.1 Å². The summed E-state index contributed by atoms with van der Waals surface area (Å²) in [4.78, 5) is 33.5. The number of morpholine rings is 2. The number of pyridine rings is 5. The number of benzene rings is 2. The van der Waals surface area contributed by atoms with Crippen molar-refractivity contribution in [3.63, 3.8) is 0 Å². The number of anilines is 9. The summed E-state index contributed by atoms with van der Waals surface area (Å²) in [5, 5.41) is 10.6. The fraction of sp³-hybridized carbons (Fsp3) is 0.353. The van der Waals surface area contributed by atoms with Crippen molar-refractivity contribution in [3.8, 4) is 0 Å². The van der Waals surface area contributed by atoms with Crippen LogP contribution in [0.25, 0.3) is 21.8 Å². The number of fused-ring (bicyclic) bond motifs is 2. The second-order valence-corrected chi connectivity index (χ2v) is 17.7. The summed E-state index contributed by atoms with van der Waals surface area (Å²) in [5.41, 5.74) is 7.82. The van der Waals surface area contributed by atoms with E-state index in [2.05, 4.69) is 66.5 Å². The highest BCUT2D eigenvalue weighted by atomic mass is 19.1. The van der Waals surface area contributed by atoms with E-state index in [-0.39, 0.29) is 16.3 Å². The van der Waals surface area contributed by atoms with E-state index in [4.69, 9.17) is 14.5 Å². The van der Waals surface area contributed by atoms with Gasteiger partial charge in [-0.05, 0) is 38.1 Å². The summed E-state index contributed by atoms with van der Waals surface area (Å²) < 4.78 is 69.4. The van der Waals surface area contributed by atoms with Crippen LogP contribution in [-0.4, -0.2) is 130 Å². The first kappa shape index (κ1) is 46.6. The lowest BCUT2D eigenvalue weighted by Crippen LogP contribution is -2.47. The molecule has 364 valence electrons. The Labute approximate surface area is 403 Å². The molecule has 9 heterocycles. The van der Waals surface area contributed by atoms with E-state index in [1.807, 2.05) is 50.6 Å². The number of piperazine rings is 2. The topological polar surface area (TPSA) is 135 Å². The lowest BCUT2D eigenvalue weighted by atomic mass is 10.1. The standard InChI is InChI=1S/C28H29F2N7O.C23H26F2N6O/c1-19-27(33-21-15-23(18-32-16-21)36-9-11-38-12-10-36)26-24(30)13-20(29)14-25(26)34-28(19)37-7-5-35(6-8-37)22-3-2-4-31-17-22;1-15-22(28-17-12-18(14-27-13-17)30-6-8-32-9-7-30)21-19(25)10-16(24)11-20(21)29-23(15)31-4-2-26-3-5-31/h2-4,13-18H,5-12H2,1H3,(H,33,34);10-14,26H,2-9H2,1H3,(H,28,29). The van der Waals surface area contributed by atoms with E-state index in [0.717, 1.165) is 136 Å². The Morgan fingerprint density at radius 3 is 1.41 bits per heavy atom. The predicted molar refractivity (Wildman–Crippen MR) is 268 cm³/mol. The molecule has 19 heteroatoms. The highest BCUT2D eigenvalue weighted by Gasteiger charge is 2.26. The van der Waals surface area contributed by atoms with Crippen LogP contribution in [-0.2, 0) is 9.47 Å². The number of hydrogen-bond acceptors (Lipinski definition) is 15. The summed E-state index contributed by atoms with van der Waals surface area (Å²) in [6, 6.07) is 12.4. The van der Waals surface area contributed by atoms with Gasteiger partial charge in [0.15, 0.2) is 0 Å². The summed E-state index contributed by atoms with van der Waals surface area (Å²) in [7, 11) is 0. The van der Waals surface area contributed by atoms with Gasteiger partial charge in [0, 0.05) is 120 Å². The van der Waals surface area contributed by atoms with Crippen molar-refractivity contribution in [1.82, 2.24) is 30.2 Å². The molecule has 0 saturated carbocycles. The Bertz CT molecular complexity index is 2960. The van der Waals surface area contributed by atoms with Gasteiger partial charge in [0.05, 0.1) is 119 Å². The molecule has 0 atom stereocenters. The van der Waals surface area contributed by atoms with Crippen molar-refractivity contribution in [2.75, 3.05) is 140 Å². The average Bonchev–Trinajstić information content (AvgIpc) is 3.39. The van der Waals surface area contributed by atoms with Crippen LogP contribution in [0.3, 0.4) is 0 Å². The van der Waals surface area contributed by atoms with Crippen molar-refractivity contribution < 1.29 is 27.0 Å². The van der Waals surface area contributed by atoms with E-state index in [9.17, 15) is 13.2 Å². The molecule has 15 nitrogen and oxygen atoms in total. The quantitative estimate of drug-likeness (QED) is 0.122. The molecule has 0 spiro atoms. The first-order valence-corrected chi connectivity index (χ1v) is 23.7. The third-order valence-electron chi connectivity index (χ3n) is 13.2. The maximum Gasteiger partial charge on any atom is 0.137 e. The normalized spacial score (nSPS) is 16.6. The van der Waals surface area contributed by atoms with E-state index in [1.54, 1.807) is 18.6 Å². The largest absolute Gasteiger partial charge is 0.378 e. The fourth-order valence-corrected chi connectivity index (χ4v) is 9.58. The van der Waals surface area contributed by atoms with Crippen LogP contribution in [0.15, 0.2) is 85.7 Å².